The third kappa shape index (κ3) is 0.930. The van der Waals surface area contributed by atoms with Crippen LogP contribution in [0.5, 0.6) is 0 Å². The van der Waals surface area contributed by atoms with Crippen LogP contribution >= 0.6 is 11.6 Å². The monoisotopic (exact) mass is 204 g/mol. The molecule has 3 aromatic heterocycles. The molecule has 0 N–H and O–H groups in total. The molecule has 0 saturated heterocycles. The highest BCUT2D eigenvalue weighted by Crippen LogP contribution is 2.30. The number of furan rings is 1. The van der Waals surface area contributed by atoms with Crippen LogP contribution in [0.2, 0.25) is 5.15 Å². The summed E-state index contributed by atoms with van der Waals surface area (Å²) < 4.78 is 5.55. The molecular weight excluding hydrogens is 200 g/mol. The molecule has 0 aliphatic rings. The molecule has 4 heteroatoms. The summed E-state index contributed by atoms with van der Waals surface area (Å²) in [5.41, 5.74) is 2.22. The second-order valence-corrected chi connectivity index (χ2v) is 3.29. The number of hydrogen-bond acceptors (Lipinski definition) is 3. The lowest BCUT2D eigenvalue weighted by molar-refractivity contribution is 0.667. The Balaban J connectivity index is 2.65. The third-order valence-electron chi connectivity index (χ3n) is 2.09. The second kappa shape index (κ2) is 2.69. The van der Waals surface area contributed by atoms with Crippen molar-refractivity contribution >= 4 is 33.7 Å². The number of aromatic nitrogens is 2. The summed E-state index contributed by atoms with van der Waals surface area (Å²) in [4.78, 5) is 8.21. The van der Waals surface area contributed by atoms with E-state index in [-0.39, 0.29) is 0 Å². The number of pyridine rings is 2. The van der Waals surface area contributed by atoms with Crippen molar-refractivity contribution in [2.24, 2.45) is 0 Å². The van der Waals surface area contributed by atoms with Crippen LogP contribution in [-0.4, -0.2) is 9.97 Å². The SMILES string of the molecule is Clc1nccc2oc3cccnc3c12. The minimum absolute atomic E-state index is 0.431. The number of fused-ring (bicyclic) bond motifs is 3. The lowest BCUT2D eigenvalue weighted by atomic mass is 10.3. The van der Waals surface area contributed by atoms with Crippen molar-refractivity contribution in [1.29, 1.82) is 0 Å². The van der Waals surface area contributed by atoms with Gasteiger partial charge in [-0.2, -0.15) is 0 Å². The molecule has 3 heterocycles. The van der Waals surface area contributed by atoms with Crippen molar-refractivity contribution < 1.29 is 4.42 Å². The predicted octanol–water partition coefficient (Wildman–Crippen LogP) is 3.03. The van der Waals surface area contributed by atoms with Gasteiger partial charge in [-0.1, -0.05) is 11.6 Å². The first-order valence-corrected chi connectivity index (χ1v) is 4.52. The number of hydrogen-bond donors (Lipinski definition) is 0. The van der Waals surface area contributed by atoms with Crippen molar-refractivity contribution in [2.75, 3.05) is 0 Å². The zero-order chi connectivity index (χ0) is 9.54. The molecular formula is C10H5ClN2O. The molecule has 0 fully saturated rings. The average molecular weight is 205 g/mol. The van der Waals surface area contributed by atoms with E-state index in [0.29, 0.717) is 5.15 Å². The maximum atomic E-state index is 5.97. The van der Waals surface area contributed by atoms with E-state index in [1.165, 1.54) is 0 Å². The summed E-state index contributed by atoms with van der Waals surface area (Å²) in [5, 5.41) is 1.21. The van der Waals surface area contributed by atoms with Gasteiger partial charge in [-0.25, -0.2) is 4.98 Å². The molecule has 3 aromatic rings. The summed E-state index contributed by atoms with van der Waals surface area (Å²) in [7, 11) is 0. The van der Waals surface area contributed by atoms with Gasteiger partial charge in [0, 0.05) is 12.4 Å². The normalized spacial score (nSPS) is 11.2. The van der Waals surface area contributed by atoms with E-state index in [2.05, 4.69) is 9.97 Å². The predicted molar refractivity (Wildman–Crippen MR) is 54.3 cm³/mol. The highest BCUT2D eigenvalue weighted by molar-refractivity contribution is 6.36. The smallest absolute Gasteiger partial charge is 0.153 e. The molecule has 0 atom stereocenters. The van der Waals surface area contributed by atoms with Gasteiger partial charge in [0.25, 0.3) is 0 Å². The Kier molecular flexibility index (Phi) is 1.49. The summed E-state index contributed by atoms with van der Waals surface area (Å²) in [5.74, 6) is 0. The average Bonchev–Trinajstić information content (AvgIpc) is 2.57. The minimum atomic E-state index is 0.431. The molecule has 3 nitrogen and oxygen atoms in total. The zero-order valence-corrected chi connectivity index (χ0v) is 7.82. The van der Waals surface area contributed by atoms with Crippen LogP contribution in [0.25, 0.3) is 22.1 Å². The van der Waals surface area contributed by atoms with Crippen LogP contribution < -0.4 is 0 Å². The van der Waals surface area contributed by atoms with Gasteiger partial charge in [0.05, 0.1) is 5.39 Å². The maximum absolute atomic E-state index is 5.97. The Labute approximate surface area is 84.3 Å². The van der Waals surface area contributed by atoms with Gasteiger partial charge < -0.3 is 4.42 Å². The van der Waals surface area contributed by atoms with E-state index in [1.54, 1.807) is 18.5 Å². The van der Waals surface area contributed by atoms with Crippen LogP contribution in [0.3, 0.4) is 0 Å². The van der Waals surface area contributed by atoms with Crippen molar-refractivity contribution in [3.63, 3.8) is 0 Å². The molecule has 68 valence electrons. The number of rotatable bonds is 0. The van der Waals surface area contributed by atoms with E-state index in [0.717, 1.165) is 22.1 Å². The minimum Gasteiger partial charge on any atom is -0.454 e. The highest BCUT2D eigenvalue weighted by Gasteiger charge is 2.10. The van der Waals surface area contributed by atoms with E-state index in [4.69, 9.17) is 16.0 Å². The summed E-state index contributed by atoms with van der Waals surface area (Å²) >= 11 is 5.97. The Hall–Kier alpha value is -1.61. The molecule has 0 bridgehead atoms. The van der Waals surface area contributed by atoms with Crippen LogP contribution in [0.15, 0.2) is 35.0 Å². The van der Waals surface area contributed by atoms with E-state index in [9.17, 15) is 0 Å². The van der Waals surface area contributed by atoms with E-state index in [1.807, 2.05) is 12.1 Å². The molecule has 0 amide bonds. The quantitative estimate of drug-likeness (QED) is 0.529. The molecule has 14 heavy (non-hydrogen) atoms. The number of nitrogens with zero attached hydrogens (tertiary/aromatic N) is 2. The van der Waals surface area contributed by atoms with Gasteiger partial charge in [-0.05, 0) is 18.2 Å². The first-order valence-electron chi connectivity index (χ1n) is 4.14. The molecule has 0 saturated carbocycles. The van der Waals surface area contributed by atoms with E-state index < -0.39 is 0 Å². The first-order chi connectivity index (χ1) is 6.86. The number of halogens is 1. The summed E-state index contributed by atoms with van der Waals surface area (Å²) in [6.07, 6.45) is 3.33. The first kappa shape index (κ1) is 7.76. The molecule has 3 rings (SSSR count). The van der Waals surface area contributed by atoms with Crippen LogP contribution in [0.4, 0.5) is 0 Å². The lowest BCUT2D eigenvalue weighted by Gasteiger charge is -1.89. The fourth-order valence-corrected chi connectivity index (χ4v) is 1.74. The fraction of sp³-hybridized carbons (Fsp3) is 0. The van der Waals surface area contributed by atoms with Crippen molar-refractivity contribution in [3.8, 4) is 0 Å². The van der Waals surface area contributed by atoms with Gasteiger partial charge in [0.15, 0.2) is 5.58 Å². The molecule has 0 aliphatic heterocycles. The Bertz CT molecular complexity index is 618. The Morgan fingerprint density at radius 3 is 2.93 bits per heavy atom. The molecule has 0 aromatic carbocycles. The van der Waals surface area contributed by atoms with Crippen molar-refractivity contribution in [1.82, 2.24) is 9.97 Å². The van der Waals surface area contributed by atoms with Gasteiger partial charge >= 0.3 is 0 Å². The van der Waals surface area contributed by atoms with Gasteiger partial charge in [-0.15, -0.1) is 0 Å². The Morgan fingerprint density at radius 2 is 2.00 bits per heavy atom. The second-order valence-electron chi connectivity index (χ2n) is 2.93. The van der Waals surface area contributed by atoms with Crippen LogP contribution in [0.1, 0.15) is 0 Å². The van der Waals surface area contributed by atoms with Gasteiger partial charge in [-0.3, -0.25) is 4.98 Å². The van der Waals surface area contributed by atoms with Gasteiger partial charge in [0.2, 0.25) is 0 Å². The van der Waals surface area contributed by atoms with Crippen LogP contribution in [0, 0.1) is 0 Å². The van der Waals surface area contributed by atoms with Crippen molar-refractivity contribution in [2.45, 2.75) is 0 Å². The maximum Gasteiger partial charge on any atom is 0.153 e. The van der Waals surface area contributed by atoms with Crippen molar-refractivity contribution in [3.05, 3.63) is 35.7 Å². The molecule has 0 spiro atoms. The topological polar surface area (TPSA) is 38.9 Å². The molecule has 0 unspecified atom stereocenters. The largest absolute Gasteiger partial charge is 0.454 e. The summed E-state index contributed by atoms with van der Waals surface area (Å²) in [6.45, 7) is 0. The van der Waals surface area contributed by atoms with Crippen LogP contribution in [-0.2, 0) is 0 Å². The molecule has 0 aliphatic carbocycles. The third-order valence-corrected chi connectivity index (χ3v) is 2.38. The Morgan fingerprint density at radius 1 is 1.07 bits per heavy atom. The highest BCUT2D eigenvalue weighted by atomic mass is 35.5. The van der Waals surface area contributed by atoms with E-state index >= 15 is 0 Å². The lowest BCUT2D eigenvalue weighted by Crippen LogP contribution is -1.76. The standard InChI is InChI=1S/C10H5ClN2O/c11-10-8-6(3-5-13-10)14-7-2-1-4-12-9(7)8/h1-5H. The fourth-order valence-electron chi connectivity index (χ4n) is 1.50. The molecule has 0 radical (unpaired) electrons. The zero-order valence-electron chi connectivity index (χ0n) is 7.07. The van der Waals surface area contributed by atoms with Gasteiger partial charge in [0.1, 0.15) is 16.3 Å². The summed E-state index contributed by atoms with van der Waals surface area (Å²) in [6, 6.07) is 5.47.